The van der Waals surface area contributed by atoms with Gasteiger partial charge in [0, 0.05) is 28.7 Å². The molecule has 7 unspecified atom stereocenters. The van der Waals surface area contributed by atoms with Gasteiger partial charge in [0.1, 0.15) is 28.5 Å². The Morgan fingerprint density at radius 3 is 1.32 bits per heavy atom. The van der Waals surface area contributed by atoms with Crippen LogP contribution in [0.5, 0.6) is 11.5 Å². The summed E-state index contributed by atoms with van der Waals surface area (Å²) in [5.41, 5.74) is 6.46. The number of carbonyl (C=O) groups excluding carboxylic acids is 1. The monoisotopic (exact) mass is 857 g/mol. The normalized spacial score (nSPS) is 25.6. The molecular formula is C58H96O4. The first-order valence-corrected chi connectivity index (χ1v) is 26.5. The van der Waals surface area contributed by atoms with Crippen molar-refractivity contribution in [3.63, 3.8) is 0 Å². The lowest BCUT2D eigenvalue weighted by Gasteiger charge is -2.49. The van der Waals surface area contributed by atoms with Gasteiger partial charge in [-0.2, -0.15) is 0 Å². The van der Waals surface area contributed by atoms with E-state index in [9.17, 15) is 4.79 Å². The molecule has 1 spiro atoms. The average molecular weight is 857 g/mol. The van der Waals surface area contributed by atoms with Crippen LogP contribution in [0.2, 0.25) is 0 Å². The highest BCUT2D eigenvalue weighted by Gasteiger charge is 2.55. The van der Waals surface area contributed by atoms with Gasteiger partial charge in [-0.15, -0.1) is 0 Å². The van der Waals surface area contributed by atoms with Gasteiger partial charge in [0.2, 0.25) is 5.78 Å². The van der Waals surface area contributed by atoms with Gasteiger partial charge in [0.05, 0.1) is 0 Å². The largest absolute Gasteiger partial charge is 0.487 e. The van der Waals surface area contributed by atoms with E-state index in [-0.39, 0.29) is 17.0 Å². The van der Waals surface area contributed by atoms with Crippen molar-refractivity contribution in [3.05, 3.63) is 44.7 Å². The van der Waals surface area contributed by atoms with Gasteiger partial charge in [-0.25, -0.2) is 0 Å². The zero-order chi connectivity index (χ0) is 45.4. The van der Waals surface area contributed by atoms with Crippen LogP contribution < -0.4 is 9.47 Å². The first-order chi connectivity index (χ1) is 29.3. The fourth-order valence-corrected chi connectivity index (χ4v) is 11.7. The smallest absolute Gasteiger partial charge is 0.206 e. The second-order valence-corrected chi connectivity index (χ2v) is 23.5. The molecule has 1 aromatic rings. The molecule has 0 radical (unpaired) electrons. The molecule has 0 N–H and O–H groups in total. The third kappa shape index (κ3) is 12.8. The zero-order valence-corrected chi connectivity index (χ0v) is 43.1. The van der Waals surface area contributed by atoms with E-state index in [1.165, 1.54) is 119 Å². The fraction of sp³-hybridized carbons (Fsp3) is 0.810. The van der Waals surface area contributed by atoms with Crippen LogP contribution in [0.15, 0.2) is 22.5 Å². The van der Waals surface area contributed by atoms with Crippen LogP contribution >= 0.6 is 0 Å². The molecule has 4 nitrogen and oxygen atoms in total. The van der Waals surface area contributed by atoms with E-state index in [1.807, 2.05) is 6.92 Å². The molecule has 62 heavy (non-hydrogen) atoms. The fourth-order valence-electron chi connectivity index (χ4n) is 11.7. The van der Waals surface area contributed by atoms with E-state index in [0.29, 0.717) is 6.42 Å². The number of hydrogen-bond acceptors (Lipinski definition) is 4. The Morgan fingerprint density at radius 2 is 0.855 bits per heavy atom. The summed E-state index contributed by atoms with van der Waals surface area (Å²) >= 11 is 0. The minimum Gasteiger partial charge on any atom is -0.487 e. The van der Waals surface area contributed by atoms with Crippen LogP contribution in [0.3, 0.4) is 0 Å². The van der Waals surface area contributed by atoms with Gasteiger partial charge in [-0.1, -0.05) is 145 Å². The van der Waals surface area contributed by atoms with E-state index in [0.717, 1.165) is 120 Å². The van der Waals surface area contributed by atoms with Crippen molar-refractivity contribution in [1.29, 1.82) is 0 Å². The Hall–Kier alpha value is -2.23. The SMILES string of the molecule is CC1=C(C)C2=C(CCC(C)(CCCC(C)CCCC(C)CCCC(C)C)O2)C2(CCc3c4c(c(C)c(C)c3O2)OC(C)(CCCC(C)CCCC(C)CCCC(C)C)CC4)C1=O. The molecule has 0 aromatic heterocycles. The number of carbonyl (C=O) groups is 1. The van der Waals surface area contributed by atoms with Crippen molar-refractivity contribution in [2.45, 2.75) is 268 Å². The third-order valence-corrected chi connectivity index (χ3v) is 16.6. The molecule has 4 aliphatic rings. The van der Waals surface area contributed by atoms with Gasteiger partial charge in [0.25, 0.3) is 0 Å². The van der Waals surface area contributed by atoms with Crippen molar-refractivity contribution >= 4 is 5.78 Å². The highest BCUT2D eigenvalue weighted by atomic mass is 16.5. The molecule has 0 saturated carbocycles. The number of benzene rings is 1. The van der Waals surface area contributed by atoms with Crippen molar-refractivity contribution in [2.24, 2.45) is 35.5 Å². The summed E-state index contributed by atoms with van der Waals surface area (Å²) in [6.45, 7) is 32.4. The predicted octanol–water partition coefficient (Wildman–Crippen LogP) is 17.1. The number of allylic oxidation sites excluding steroid dienone is 1. The molecule has 0 amide bonds. The number of ether oxygens (including phenoxy) is 3. The Kier molecular flexibility index (Phi) is 18.3. The lowest BCUT2D eigenvalue weighted by molar-refractivity contribution is -0.131. The van der Waals surface area contributed by atoms with Crippen LogP contribution in [0.1, 0.15) is 247 Å². The quantitative estimate of drug-likeness (QED) is 0.104. The van der Waals surface area contributed by atoms with Crippen molar-refractivity contribution in [3.8, 4) is 11.5 Å². The molecule has 0 bridgehead atoms. The van der Waals surface area contributed by atoms with Crippen LogP contribution in [0, 0.1) is 49.4 Å². The Balaban J connectivity index is 1.18. The molecular weight excluding hydrogens is 761 g/mol. The summed E-state index contributed by atoms with van der Waals surface area (Å²) in [5, 5.41) is 0. The molecule has 5 rings (SSSR count). The lowest BCUT2D eigenvalue weighted by Crippen LogP contribution is -2.54. The van der Waals surface area contributed by atoms with Crippen molar-refractivity contribution in [2.75, 3.05) is 0 Å². The molecule has 0 saturated heterocycles. The third-order valence-electron chi connectivity index (χ3n) is 16.6. The van der Waals surface area contributed by atoms with Gasteiger partial charge in [0.15, 0.2) is 5.60 Å². The summed E-state index contributed by atoms with van der Waals surface area (Å²) in [5.74, 6) is 7.99. The highest BCUT2D eigenvalue weighted by Crippen LogP contribution is 2.54. The van der Waals surface area contributed by atoms with Gasteiger partial charge in [-0.05, 0) is 152 Å². The number of fused-ring (bicyclic) bond motifs is 4. The van der Waals surface area contributed by atoms with Crippen LogP contribution in [0.25, 0.3) is 0 Å². The predicted molar refractivity (Wildman–Crippen MR) is 264 cm³/mol. The Bertz CT molecular complexity index is 1710. The summed E-state index contributed by atoms with van der Waals surface area (Å²) in [7, 11) is 0. The first kappa shape index (κ1) is 50.8. The molecule has 7 atom stereocenters. The molecule has 0 fully saturated rings. The maximum absolute atomic E-state index is 14.6. The minimum atomic E-state index is -0.980. The Labute approximate surface area is 383 Å². The summed E-state index contributed by atoms with van der Waals surface area (Å²) in [6.07, 6.45) is 28.8. The average Bonchev–Trinajstić information content (AvgIpc) is 3.21. The second-order valence-electron chi connectivity index (χ2n) is 23.5. The minimum absolute atomic E-state index is 0.138. The highest BCUT2D eigenvalue weighted by molar-refractivity contribution is 6.07. The van der Waals surface area contributed by atoms with E-state index in [1.54, 1.807) is 0 Å². The Morgan fingerprint density at radius 1 is 0.468 bits per heavy atom. The summed E-state index contributed by atoms with van der Waals surface area (Å²) < 4.78 is 21.4. The van der Waals surface area contributed by atoms with E-state index >= 15 is 0 Å². The van der Waals surface area contributed by atoms with Gasteiger partial charge < -0.3 is 14.2 Å². The summed E-state index contributed by atoms with van der Waals surface area (Å²) in [4.78, 5) is 14.6. The molecule has 3 aliphatic heterocycles. The summed E-state index contributed by atoms with van der Waals surface area (Å²) in [6, 6.07) is 0. The van der Waals surface area contributed by atoms with E-state index in [2.05, 4.69) is 90.0 Å². The van der Waals surface area contributed by atoms with E-state index in [4.69, 9.17) is 14.2 Å². The molecule has 1 aliphatic carbocycles. The number of hydrogen-bond donors (Lipinski definition) is 0. The maximum atomic E-state index is 14.6. The number of ketones is 1. The zero-order valence-electron chi connectivity index (χ0n) is 43.1. The van der Waals surface area contributed by atoms with E-state index < -0.39 is 5.60 Å². The molecule has 4 heteroatoms. The molecule has 352 valence electrons. The number of rotatable bonds is 24. The van der Waals surface area contributed by atoms with Crippen LogP contribution in [-0.4, -0.2) is 22.6 Å². The lowest BCUT2D eigenvalue weighted by atomic mass is 9.69. The van der Waals surface area contributed by atoms with Crippen LogP contribution in [-0.2, 0) is 22.4 Å². The molecule has 3 heterocycles. The second kappa shape index (κ2) is 22.3. The van der Waals surface area contributed by atoms with Gasteiger partial charge in [-0.3, -0.25) is 4.79 Å². The molecule has 1 aromatic carbocycles. The number of Topliss-reactive ketones (excluding diaryl/α,β-unsaturated/α-hetero) is 1. The first-order valence-electron chi connectivity index (χ1n) is 26.5. The maximum Gasteiger partial charge on any atom is 0.206 e. The topological polar surface area (TPSA) is 44.8 Å². The van der Waals surface area contributed by atoms with Crippen LogP contribution in [0.4, 0.5) is 0 Å². The van der Waals surface area contributed by atoms with Crippen molar-refractivity contribution < 1.29 is 19.0 Å². The standard InChI is InChI=1S/C58H96O4/c1-39(2)21-15-23-41(5)25-17-27-43(7)29-19-34-56(13)36-31-49-50-32-38-58(62-53(50)46(10)45(9)52(49)60-56)51-33-37-57(14,61-54(51)47(11)48(12)55(58)59)35-20-30-44(8)28-18-26-42(6)24-16-22-40(3)4/h39-44H,15-38H2,1-14H3. The van der Waals surface area contributed by atoms with Crippen molar-refractivity contribution in [1.82, 2.24) is 0 Å². The van der Waals surface area contributed by atoms with Gasteiger partial charge >= 0.3 is 0 Å².